The van der Waals surface area contributed by atoms with Gasteiger partial charge in [0.15, 0.2) is 8.32 Å². The molecule has 0 aromatic heterocycles. The molecular formula is C16H23Cl2OSiZr. The molecule has 1 nitrogen and oxygen atoms in total. The molecule has 2 rings (SSSR count). The van der Waals surface area contributed by atoms with E-state index in [1.165, 1.54) is 33.0 Å². The third-order valence-electron chi connectivity index (χ3n) is 3.54. The molecule has 0 bridgehead atoms. The van der Waals surface area contributed by atoms with E-state index < -0.39 is 8.32 Å². The van der Waals surface area contributed by atoms with Gasteiger partial charge in [-0.25, -0.2) is 0 Å². The Morgan fingerprint density at radius 3 is 2.14 bits per heavy atom. The van der Waals surface area contributed by atoms with Gasteiger partial charge in [-0.15, -0.1) is 34.0 Å². The number of rotatable bonds is 3. The minimum absolute atomic E-state index is 0. The van der Waals surface area contributed by atoms with Gasteiger partial charge in [0.05, 0.1) is 6.61 Å². The molecule has 0 unspecified atom stereocenters. The van der Waals surface area contributed by atoms with Gasteiger partial charge in [-0.2, -0.15) is 5.56 Å². The molecular weight excluding hydrogens is 398 g/mol. The first-order valence-corrected chi connectivity index (χ1v) is 9.99. The summed E-state index contributed by atoms with van der Waals surface area (Å²) in [4.78, 5) is 0. The van der Waals surface area contributed by atoms with E-state index in [0.717, 1.165) is 6.61 Å². The maximum atomic E-state index is 6.07. The van der Waals surface area contributed by atoms with Crippen LogP contribution in [0, 0.1) is 20.8 Å². The zero-order chi connectivity index (χ0) is 13.5. The molecule has 0 heterocycles. The fraction of sp³-hybridized carbons (Fsp3) is 0.438. The summed E-state index contributed by atoms with van der Waals surface area (Å²) in [7, 11) is -1.45. The Bertz CT molecular complexity index is 588. The van der Waals surface area contributed by atoms with Crippen molar-refractivity contribution in [3.63, 3.8) is 0 Å². The van der Waals surface area contributed by atoms with Crippen LogP contribution in [-0.4, -0.2) is 8.32 Å². The Kier molecular flexibility index (Phi) is 10.1. The zero-order valence-corrected chi connectivity index (χ0v) is 18.6. The maximum absolute atomic E-state index is 6.07. The Morgan fingerprint density at radius 1 is 1.05 bits per heavy atom. The molecule has 21 heavy (non-hydrogen) atoms. The predicted octanol–water partition coefficient (Wildman–Crippen LogP) is -1.16. The zero-order valence-electron chi connectivity index (χ0n) is 13.6. The summed E-state index contributed by atoms with van der Waals surface area (Å²) in [6, 6.07) is 6.74. The summed E-state index contributed by atoms with van der Waals surface area (Å²) in [6.45, 7) is 14.1. The van der Waals surface area contributed by atoms with E-state index in [4.69, 9.17) is 4.43 Å². The Labute approximate surface area is 161 Å². The molecule has 5 heteroatoms. The van der Waals surface area contributed by atoms with Crippen LogP contribution in [-0.2, 0) is 37.2 Å². The molecule has 0 spiro atoms. The maximum Gasteiger partial charge on any atom is 3.00 e. The summed E-state index contributed by atoms with van der Waals surface area (Å²) in [5.41, 5.74) is 5.48. The van der Waals surface area contributed by atoms with Crippen molar-refractivity contribution in [3.8, 4) is 0 Å². The van der Waals surface area contributed by atoms with Crippen LogP contribution in [0.1, 0.15) is 22.3 Å². The van der Waals surface area contributed by atoms with Crippen molar-refractivity contribution in [3.05, 3.63) is 40.5 Å². The largest absolute Gasteiger partial charge is 3.00 e. The topological polar surface area (TPSA) is 9.23 Å². The number of aryl methyl sites for hydroxylation is 3. The van der Waals surface area contributed by atoms with Gasteiger partial charge in [-0.3, -0.25) is 0 Å². The first-order valence-electron chi connectivity index (χ1n) is 6.58. The van der Waals surface area contributed by atoms with Crippen molar-refractivity contribution >= 4 is 19.1 Å². The number of hydrogen-bond acceptors (Lipinski definition) is 1. The number of hydrogen-bond donors (Lipinski definition) is 0. The SMILES string of the molecule is Cc1[cH-]c2c(C)ccc(CO[Si](C)(C)C)c2c1C.[Cl-].[Cl-].[Zr+3]. The average molecular weight is 422 g/mol. The molecule has 2 aromatic rings. The van der Waals surface area contributed by atoms with Crippen LogP contribution < -0.4 is 24.8 Å². The van der Waals surface area contributed by atoms with Gasteiger partial charge in [0.2, 0.25) is 0 Å². The van der Waals surface area contributed by atoms with Crippen molar-refractivity contribution in [1.82, 2.24) is 0 Å². The molecule has 115 valence electrons. The number of fused-ring (bicyclic) bond motifs is 1. The van der Waals surface area contributed by atoms with Gasteiger partial charge < -0.3 is 29.2 Å². The third kappa shape index (κ3) is 5.55. The second-order valence-electron chi connectivity index (χ2n) is 6.18. The molecule has 2 aromatic carbocycles. The van der Waals surface area contributed by atoms with Crippen molar-refractivity contribution < 1.29 is 55.4 Å². The van der Waals surface area contributed by atoms with Gasteiger partial charge in [-0.05, 0) is 19.6 Å². The summed E-state index contributed by atoms with van der Waals surface area (Å²) in [5.74, 6) is 0. The summed E-state index contributed by atoms with van der Waals surface area (Å²) in [6.07, 6.45) is 0. The summed E-state index contributed by atoms with van der Waals surface area (Å²) < 4.78 is 6.07. The average Bonchev–Trinajstić information content (AvgIpc) is 2.55. The molecule has 0 saturated carbocycles. The van der Waals surface area contributed by atoms with Crippen LogP contribution in [0.15, 0.2) is 18.2 Å². The predicted molar refractivity (Wildman–Crippen MR) is 81.9 cm³/mol. The summed E-state index contributed by atoms with van der Waals surface area (Å²) >= 11 is 0. The molecule has 0 fully saturated rings. The normalized spacial score (nSPS) is 10.6. The van der Waals surface area contributed by atoms with Crippen LogP contribution in [0.2, 0.25) is 19.6 Å². The Balaban J connectivity index is 0. The van der Waals surface area contributed by atoms with Crippen molar-refractivity contribution in [2.45, 2.75) is 47.0 Å². The molecule has 0 aliphatic rings. The van der Waals surface area contributed by atoms with E-state index in [9.17, 15) is 0 Å². The van der Waals surface area contributed by atoms with Crippen molar-refractivity contribution in [2.24, 2.45) is 0 Å². The van der Waals surface area contributed by atoms with E-state index in [1.807, 2.05) is 0 Å². The third-order valence-corrected chi connectivity index (χ3v) is 4.55. The fourth-order valence-electron chi connectivity index (χ4n) is 2.33. The first-order chi connectivity index (χ1) is 8.29. The van der Waals surface area contributed by atoms with Crippen LogP contribution in [0.5, 0.6) is 0 Å². The van der Waals surface area contributed by atoms with Crippen LogP contribution in [0.25, 0.3) is 10.8 Å². The van der Waals surface area contributed by atoms with Crippen LogP contribution in [0.4, 0.5) is 0 Å². The fourth-order valence-corrected chi connectivity index (χ4v) is 2.92. The van der Waals surface area contributed by atoms with Crippen LogP contribution >= 0.6 is 0 Å². The van der Waals surface area contributed by atoms with E-state index in [-0.39, 0.29) is 51.0 Å². The molecule has 0 saturated heterocycles. The quantitative estimate of drug-likeness (QED) is 0.449. The smallest absolute Gasteiger partial charge is 1.00 e. The monoisotopic (exact) mass is 419 g/mol. The van der Waals surface area contributed by atoms with Crippen molar-refractivity contribution in [2.75, 3.05) is 0 Å². The molecule has 0 atom stereocenters. The standard InChI is InChI=1S/C16H23OSi.2ClH.Zr/c1-11-7-8-14(10-17-18(4,5)6)16-13(3)12(2)9-15(11)16;;;/h7-9H,10H2,1-6H3;2*1H;/q-1;;;+3/p-2. The van der Waals surface area contributed by atoms with E-state index in [1.54, 1.807) is 0 Å². The molecule has 0 amide bonds. The first kappa shape index (κ1) is 23.7. The minimum Gasteiger partial charge on any atom is -1.00 e. The summed E-state index contributed by atoms with van der Waals surface area (Å²) in [5, 5.41) is 2.80. The Hall–Kier alpha value is 0.470. The molecule has 1 radical (unpaired) electrons. The van der Waals surface area contributed by atoms with E-state index >= 15 is 0 Å². The number of halogens is 2. The van der Waals surface area contributed by atoms with E-state index in [2.05, 4.69) is 58.6 Å². The number of benzene rings is 1. The van der Waals surface area contributed by atoms with Gasteiger partial charge >= 0.3 is 26.2 Å². The molecule has 0 N–H and O–H groups in total. The second kappa shape index (κ2) is 8.93. The van der Waals surface area contributed by atoms with E-state index in [0.29, 0.717) is 0 Å². The van der Waals surface area contributed by atoms with Crippen LogP contribution in [0.3, 0.4) is 0 Å². The second-order valence-corrected chi connectivity index (χ2v) is 10.7. The molecule has 0 aliphatic heterocycles. The molecule has 0 aliphatic carbocycles. The van der Waals surface area contributed by atoms with Gasteiger partial charge in [0.25, 0.3) is 0 Å². The minimum atomic E-state index is -1.45. The van der Waals surface area contributed by atoms with Gasteiger partial charge in [0.1, 0.15) is 0 Å². The Morgan fingerprint density at radius 2 is 1.62 bits per heavy atom. The van der Waals surface area contributed by atoms with Gasteiger partial charge in [-0.1, -0.05) is 32.4 Å². The van der Waals surface area contributed by atoms with Gasteiger partial charge in [0, 0.05) is 0 Å². The van der Waals surface area contributed by atoms with Crippen molar-refractivity contribution in [1.29, 1.82) is 0 Å².